The maximum atomic E-state index is 11.4. The van der Waals surface area contributed by atoms with Crippen LogP contribution in [0.5, 0.6) is 0 Å². The van der Waals surface area contributed by atoms with Crippen LogP contribution in [-0.2, 0) is 9.59 Å². The van der Waals surface area contributed by atoms with Crippen molar-refractivity contribution in [1.29, 1.82) is 0 Å². The first kappa shape index (κ1) is 14.5. The molecular formula is C12H9ClN3O3S-. The van der Waals surface area contributed by atoms with Gasteiger partial charge in [0.25, 0.3) is 5.91 Å². The standard InChI is InChI=1S/C12H10ClN3O3S/c13-8-3-1-7(2-4-8)6-14-12-16-15-11(19)9(20-12)5-10(17)18/h1-4,6,9H,5H2,(H,15,19)(H,17,18)/p-1. The number of halogens is 1. The van der Waals surface area contributed by atoms with Gasteiger partial charge in [-0.25, -0.2) is 10.4 Å². The van der Waals surface area contributed by atoms with Crippen LogP contribution in [0.15, 0.2) is 34.4 Å². The molecule has 8 heteroatoms. The first-order valence-corrected chi connectivity index (χ1v) is 6.84. The van der Waals surface area contributed by atoms with E-state index in [0.717, 1.165) is 17.3 Å². The first-order valence-electron chi connectivity index (χ1n) is 5.58. The third kappa shape index (κ3) is 4.07. The van der Waals surface area contributed by atoms with Crippen molar-refractivity contribution >= 4 is 46.6 Å². The molecule has 0 fully saturated rings. The minimum Gasteiger partial charge on any atom is -0.550 e. The number of amidine groups is 1. The Balaban J connectivity index is 2.04. The molecule has 0 spiro atoms. The Morgan fingerprint density at radius 2 is 2.20 bits per heavy atom. The van der Waals surface area contributed by atoms with E-state index in [9.17, 15) is 14.7 Å². The van der Waals surface area contributed by atoms with Crippen LogP contribution in [0.1, 0.15) is 12.0 Å². The van der Waals surface area contributed by atoms with Gasteiger partial charge < -0.3 is 9.90 Å². The summed E-state index contributed by atoms with van der Waals surface area (Å²) in [6.07, 6.45) is 1.17. The van der Waals surface area contributed by atoms with E-state index < -0.39 is 17.1 Å². The number of hydrogen-bond donors (Lipinski definition) is 1. The molecule has 1 aliphatic heterocycles. The van der Waals surface area contributed by atoms with Gasteiger partial charge in [0, 0.05) is 23.6 Å². The highest BCUT2D eigenvalue weighted by molar-refractivity contribution is 8.15. The predicted octanol–water partition coefficient (Wildman–Crippen LogP) is 0.401. The minimum atomic E-state index is -1.29. The smallest absolute Gasteiger partial charge is 0.254 e. The van der Waals surface area contributed by atoms with Gasteiger partial charge in [0.05, 0.1) is 5.25 Å². The highest BCUT2D eigenvalue weighted by Crippen LogP contribution is 2.20. The van der Waals surface area contributed by atoms with E-state index >= 15 is 0 Å². The molecule has 0 aliphatic carbocycles. The van der Waals surface area contributed by atoms with Crippen LogP contribution in [-0.4, -0.2) is 28.5 Å². The van der Waals surface area contributed by atoms with Crippen LogP contribution in [0.25, 0.3) is 0 Å². The van der Waals surface area contributed by atoms with Crippen LogP contribution in [0.2, 0.25) is 5.02 Å². The van der Waals surface area contributed by atoms with E-state index in [0.29, 0.717) is 5.02 Å². The van der Waals surface area contributed by atoms with Gasteiger partial charge in [-0.1, -0.05) is 35.5 Å². The Kier molecular flexibility index (Phi) is 4.75. The van der Waals surface area contributed by atoms with Gasteiger partial charge in [0.1, 0.15) is 0 Å². The molecular weight excluding hydrogens is 302 g/mol. The summed E-state index contributed by atoms with van der Waals surface area (Å²) in [5.41, 5.74) is 3.05. The van der Waals surface area contributed by atoms with E-state index in [1.54, 1.807) is 30.5 Å². The number of carboxylic acid groups (broad SMARTS) is 1. The third-order valence-corrected chi connectivity index (χ3v) is 3.67. The highest BCUT2D eigenvalue weighted by atomic mass is 35.5. The lowest BCUT2D eigenvalue weighted by Gasteiger charge is -2.18. The van der Waals surface area contributed by atoms with Gasteiger partial charge in [-0.3, -0.25) is 4.79 Å². The number of benzene rings is 1. The first-order chi connectivity index (χ1) is 9.54. The number of thioether (sulfide) groups is 1. The van der Waals surface area contributed by atoms with Gasteiger partial charge in [0.2, 0.25) is 5.17 Å². The normalized spacial score (nSPS) is 18.8. The number of aliphatic carboxylic acids is 1. The molecule has 1 unspecified atom stereocenters. The molecule has 6 nitrogen and oxygen atoms in total. The molecule has 0 saturated heterocycles. The number of hydrogen-bond acceptors (Lipinski definition) is 6. The zero-order valence-corrected chi connectivity index (χ0v) is 11.6. The number of carbonyl (C=O) groups is 2. The van der Waals surface area contributed by atoms with Crippen LogP contribution in [0.3, 0.4) is 0 Å². The van der Waals surface area contributed by atoms with E-state index in [4.69, 9.17) is 11.6 Å². The molecule has 1 aromatic rings. The summed E-state index contributed by atoms with van der Waals surface area (Å²) in [5, 5.41) is 14.4. The maximum Gasteiger partial charge on any atom is 0.254 e. The molecule has 1 aromatic carbocycles. The molecule has 1 amide bonds. The topological polar surface area (TPSA) is 93.9 Å². The summed E-state index contributed by atoms with van der Waals surface area (Å²) in [6.45, 7) is 0. The lowest BCUT2D eigenvalue weighted by molar-refractivity contribution is -0.305. The molecule has 1 atom stereocenters. The average Bonchev–Trinajstić information content (AvgIpc) is 2.41. The number of nitrogens with one attached hydrogen (secondary N) is 1. The number of carbonyl (C=O) groups excluding carboxylic acids is 2. The van der Waals surface area contributed by atoms with Crippen molar-refractivity contribution in [3.8, 4) is 0 Å². The van der Waals surface area contributed by atoms with E-state index in [1.807, 2.05) is 0 Å². The summed E-state index contributed by atoms with van der Waals surface area (Å²) >= 11 is 6.75. The molecule has 1 N–H and O–H groups in total. The summed E-state index contributed by atoms with van der Waals surface area (Å²) < 4.78 is 0. The second-order valence-electron chi connectivity index (χ2n) is 3.86. The largest absolute Gasteiger partial charge is 0.550 e. The van der Waals surface area contributed by atoms with Crippen molar-refractivity contribution in [2.24, 2.45) is 10.1 Å². The van der Waals surface area contributed by atoms with Crippen molar-refractivity contribution in [3.63, 3.8) is 0 Å². The molecule has 0 radical (unpaired) electrons. The van der Waals surface area contributed by atoms with Gasteiger partial charge in [0.15, 0.2) is 0 Å². The Morgan fingerprint density at radius 3 is 2.85 bits per heavy atom. The van der Waals surface area contributed by atoms with Gasteiger partial charge in [-0.15, -0.1) is 5.10 Å². The Bertz CT molecular complexity index is 586. The van der Waals surface area contributed by atoms with E-state index in [2.05, 4.69) is 15.5 Å². The van der Waals surface area contributed by atoms with Crippen LogP contribution in [0, 0.1) is 0 Å². The Morgan fingerprint density at radius 1 is 1.50 bits per heavy atom. The number of amides is 1. The lowest BCUT2D eigenvalue weighted by atomic mass is 10.2. The van der Waals surface area contributed by atoms with Gasteiger partial charge >= 0.3 is 0 Å². The van der Waals surface area contributed by atoms with Crippen molar-refractivity contribution in [1.82, 2.24) is 5.43 Å². The zero-order chi connectivity index (χ0) is 14.5. The zero-order valence-electron chi connectivity index (χ0n) is 10.1. The molecule has 20 heavy (non-hydrogen) atoms. The fraction of sp³-hybridized carbons (Fsp3) is 0.167. The molecule has 0 saturated carbocycles. The van der Waals surface area contributed by atoms with Crippen LogP contribution in [0.4, 0.5) is 0 Å². The van der Waals surface area contributed by atoms with Crippen molar-refractivity contribution in [2.75, 3.05) is 0 Å². The number of rotatable bonds is 3. The van der Waals surface area contributed by atoms with E-state index in [-0.39, 0.29) is 11.6 Å². The fourth-order valence-corrected chi connectivity index (χ4v) is 2.38. The third-order valence-electron chi connectivity index (χ3n) is 2.35. The SMILES string of the molecule is O=C([O-])CC1SC(N=Cc2ccc(Cl)cc2)=NNC1=O. The number of carboxylic acids is 1. The minimum absolute atomic E-state index is 0.283. The summed E-state index contributed by atoms with van der Waals surface area (Å²) in [7, 11) is 0. The second kappa shape index (κ2) is 6.53. The van der Waals surface area contributed by atoms with Crippen LogP contribution < -0.4 is 10.5 Å². The van der Waals surface area contributed by atoms with Crippen molar-refractivity contribution in [2.45, 2.75) is 11.7 Å². The number of aliphatic imine (C=N–C) groups is 1. The molecule has 1 heterocycles. The van der Waals surface area contributed by atoms with Crippen molar-refractivity contribution < 1.29 is 14.7 Å². The van der Waals surface area contributed by atoms with Crippen LogP contribution >= 0.6 is 23.4 Å². The Hall–Kier alpha value is -1.86. The predicted molar refractivity (Wildman–Crippen MR) is 75.6 cm³/mol. The highest BCUT2D eigenvalue weighted by Gasteiger charge is 2.25. The summed E-state index contributed by atoms with van der Waals surface area (Å²) in [6, 6.07) is 6.99. The Labute approximate surface area is 123 Å². The maximum absolute atomic E-state index is 11.4. The molecule has 2 rings (SSSR count). The molecule has 0 bridgehead atoms. The number of hydrazone groups is 1. The van der Waals surface area contributed by atoms with Gasteiger partial charge in [-0.05, 0) is 17.7 Å². The van der Waals surface area contributed by atoms with Crippen molar-refractivity contribution in [3.05, 3.63) is 34.9 Å². The summed E-state index contributed by atoms with van der Waals surface area (Å²) in [5.74, 6) is -1.76. The average molecular weight is 311 g/mol. The fourth-order valence-electron chi connectivity index (χ4n) is 1.41. The lowest BCUT2D eigenvalue weighted by Crippen LogP contribution is -2.38. The second-order valence-corrected chi connectivity index (χ2v) is 5.47. The van der Waals surface area contributed by atoms with Gasteiger partial charge in [-0.2, -0.15) is 0 Å². The quantitative estimate of drug-likeness (QED) is 0.818. The molecule has 104 valence electrons. The van der Waals surface area contributed by atoms with E-state index in [1.165, 1.54) is 0 Å². The summed E-state index contributed by atoms with van der Waals surface area (Å²) in [4.78, 5) is 26.0. The monoisotopic (exact) mass is 310 g/mol. The molecule has 1 aliphatic rings. The number of nitrogens with zero attached hydrogens (tertiary/aromatic N) is 2. The molecule has 0 aromatic heterocycles.